The number of carbonyl (C=O) groups is 1. The van der Waals surface area contributed by atoms with Crippen LogP contribution in [0.3, 0.4) is 0 Å². The van der Waals surface area contributed by atoms with Crippen molar-refractivity contribution in [2.24, 2.45) is 0 Å². The molecular weight excluding hydrogens is 374 g/mol. The average Bonchev–Trinajstić information content (AvgIpc) is 2.38. The molecule has 0 saturated heterocycles. The summed E-state index contributed by atoms with van der Waals surface area (Å²) in [5.74, 6) is -0.182. The molecule has 0 spiro atoms. The lowest BCUT2D eigenvalue weighted by Crippen LogP contribution is -2.11. The third kappa shape index (κ3) is 3.89. The number of nitrogens with one attached hydrogen (secondary N) is 1. The Hall–Kier alpha value is -1.17. The molecule has 2 rings (SSSR count). The molecule has 0 radical (unpaired) electrons. The van der Waals surface area contributed by atoms with Gasteiger partial charge >= 0.3 is 0 Å². The van der Waals surface area contributed by atoms with Crippen LogP contribution in [0.15, 0.2) is 51.4 Å². The number of carbonyl (C=O) groups excluding carboxylic acids is 1. The van der Waals surface area contributed by atoms with E-state index in [2.05, 4.69) is 37.2 Å². The van der Waals surface area contributed by atoms with Crippen LogP contribution in [0.5, 0.6) is 0 Å². The number of anilines is 1. The average molecular weight is 385 g/mol. The molecule has 2 aromatic rings. The fourth-order valence-corrected chi connectivity index (χ4v) is 2.88. The van der Waals surface area contributed by atoms with E-state index < -0.39 is 0 Å². The molecule has 0 aliphatic carbocycles. The van der Waals surface area contributed by atoms with Gasteiger partial charge in [-0.25, -0.2) is 0 Å². The zero-order valence-corrected chi connectivity index (χ0v) is 13.0. The number of benzene rings is 2. The molecule has 0 saturated carbocycles. The Morgan fingerprint density at radius 2 is 1.63 bits per heavy atom. The van der Waals surface area contributed by atoms with E-state index in [1.165, 1.54) is 0 Å². The lowest BCUT2D eigenvalue weighted by Gasteiger charge is -2.07. The lowest BCUT2D eigenvalue weighted by molar-refractivity contribution is 0.102. The number of hydrogen-bond donors (Lipinski definition) is 2. The van der Waals surface area contributed by atoms with Gasteiger partial charge in [-0.05, 0) is 35.9 Å². The number of halogens is 2. The van der Waals surface area contributed by atoms with Crippen LogP contribution in [-0.4, -0.2) is 11.0 Å². The van der Waals surface area contributed by atoms with Gasteiger partial charge in [0.25, 0.3) is 5.91 Å². The second-order valence-corrected chi connectivity index (χ2v) is 5.80. The van der Waals surface area contributed by atoms with Crippen LogP contribution in [0, 0.1) is 0 Å². The molecule has 0 fully saturated rings. The highest BCUT2D eigenvalue weighted by Gasteiger charge is 2.08. The van der Waals surface area contributed by atoms with Gasteiger partial charge in [0, 0.05) is 20.2 Å². The second kappa shape index (κ2) is 6.32. The predicted molar refractivity (Wildman–Crippen MR) is 82.2 cm³/mol. The zero-order chi connectivity index (χ0) is 13.8. The van der Waals surface area contributed by atoms with Crippen molar-refractivity contribution in [3.05, 3.63) is 62.5 Å². The molecule has 0 unspecified atom stereocenters. The van der Waals surface area contributed by atoms with E-state index in [9.17, 15) is 4.79 Å². The standard InChI is InChI=1S/C14H11Br2NO2/c15-11-5-10(6-12(16)7-11)14(19)17-13-3-1-9(8-18)2-4-13/h1-7,18H,8H2,(H,17,19). The van der Waals surface area contributed by atoms with Crippen LogP contribution in [0.1, 0.15) is 15.9 Å². The molecule has 0 bridgehead atoms. The maximum Gasteiger partial charge on any atom is 0.255 e. The van der Waals surface area contributed by atoms with E-state index in [-0.39, 0.29) is 12.5 Å². The molecule has 5 heteroatoms. The Bertz CT molecular complexity index is 577. The summed E-state index contributed by atoms with van der Waals surface area (Å²) in [6, 6.07) is 12.4. The van der Waals surface area contributed by atoms with Gasteiger partial charge in [-0.2, -0.15) is 0 Å². The molecular formula is C14H11Br2NO2. The summed E-state index contributed by atoms with van der Waals surface area (Å²) in [7, 11) is 0. The Labute approximate surface area is 127 Å². The smallest absolute Gasteiger partial charge is 0.255 e. The molecule has 19 heavy (non-hydrogen) atoms. The van der Waals surface area contributed by atoms with Gasteiger partial charge < -0.3 is 10.4 Å². The quantitative estimate of drug-likeness (QED) is 0.841. The van der Waals surface area contributed by atoms with Crippen molar-refractivity contribution in [2.75, 3.05) is 5.32 Å². The Kier molecular flexibility index (Phi) is 4.74. The highest BCUT2D eigenvalue weighted by molar-refractivity contribution is 9.11. The van der Waals surface area contributed by atoms with E-state index in [1.54, 1.807) is 36.4 Å². The molecule has 0 atom stereocenters. The summed E-state index contributed by atoms with van der Waals surface area (Å²) >= 11 is 6.70. The summed E-state index contributed by atoms with van der Waals surface area (Å²) in [5, 5.41) is 11.8. The van der Waals surface area contributed by atoms with Crippen molar-refractivity contribution in [1.82, 2.24) is 0 Å². The van der Waals surface area contributed by atoms with E-state index in [0.717, 1.165) is 14.5 Å². The first-order valence-corrected chi connectivity index (χ1v) is 7.14. The van der Waals surface area contributed by atoms with Crippen molar-refractivity contribution in [1.29, 1.82) is 0 Å². The third-order valence-corrected chi connectivity index (χ3v) is 3.43. The minimum atomic E-state index is -0.182. The van der Waals surface area contributed by atoms with E-state index in [0.29, 0.717) is 11.3 Å². The third-order valence-electron chi connectivity index (χ3n) is 2.52. The van der Waals surface area contributed by atoms with Crippen LogP contribution >= 0.6 is 31.9 Å². The van der Waals surface area contributed by atoms with Gasteiger partial charge in [0.05, 0.1) is 6.61 Å². The van der Waals surface area contributed by atoms with Gasteiger partial charge in [0.15, 0.2) is 0 Å². The number of aliphatic hydroxyl groups excluding tert-OH is 1. The van der Waals surface area contributed by atoms with Gasteiger partial charge in [0.2, 0.25) is 0 Å². The summed E-state index contributed by atoms with van der Waals surface area (Å²) in [6.07, 6.45) is 0. The van der Waals surface area contributed by atoms with Crippen LogP contribution in [0.4, 0.5) is 5.69 Å². The highest BCUT2D eigenvalue weighted by Crippen LogP contribution is 2.21. The topological polar surface area (TPSA) is 49.3 Å². The van der Waals surface area contributed by atoms with Crippen molar-refractivity contribution in [2.45, 2.75) is 6.61 Å². The number of rotatable bonds is 3. The Morgan fingerprint density at radius 1 is 1.05 bits per heavy atom. The van der Waals surface area contributed by atoms with Gasteiger partial charge in [-0.3, -0.25) is 4.79 Å². The van der Waals surface area contributed by atoms with Crippen molar-refractivity contribution in [3.63, 3.8) is 0 Å². The molecule has 3 nitrogen and oxygen atoms in total. The van der Waals surface area contributed by atoms with Gasteiger partial charge in [-0.1, -0.05) is 44.0 Å². The first kappa shape index (κ1) is 14.2. The lowest BCUT2D eigenvalue weighted by atomic mass is 10.2. The van der Waals surface area contributed by atoms with Gasteiger partial charge in [-0.15, -0.1) is 0 Å². The molecule has 2 aromatic carbocycles. The normalized spacial score (nSPS) is 10.3. The van der Waals surface area contributed by atoms with E-state index in [1.807, 2.05) is 6.07 Å². The SMILES string of the molecule is O=C(Nc1ccc(CO)cc1)c1cc(Br)cc(Br)c1. The summed E-state index contributed by atoms with van der Waals surface area (Å²) < 4.78 is 1.67. The minimum Gasteiger partial charge on any atom is -0.392 e. The molecule has 98 valence electrons. The maximum absolute atomic E-state index is 12.1. The van der Waals surface area contributed by atoms with Crippen LogP contribution in [-0.2, 0) is 6.61 Å². The maximum atomic E-state index is 12.1. The van der Waals surface area contributed by atoms with E-state index >= 15 is 0 Å². The summed E-state index contributed by atoms with van der Waals surface area (Å²) in [4.78, 5) is 12.1. The molecule has 0 aromatic heterocycles. The molecule has 0 aliphatic heterocycles. The minimum absolute atomic E-state index is 0.00714. The molecule has 0 aliphatic rings. The Morgan fingerprint density at radius 3 is 2.16 bits per heavy atom. The number of amides is 1. The summed E-state index contributed by atoms with van der Waals surface area (Å²) in [6.45, 7) is -0.00714. The Balaban J connectivity index is 2.15. The molecule has 0 heterocycles. The fraction of sp³-hybridized carbons (Fsp3) is 0.0714. The number of aliphatic hydroxyl groups is 1. The van der Waals surface area contributed by atoms with Crippen LogP contribution < -0.4 is 5.32 Å². The van der Waals surface area contributed by atoms with Crippen molar-refractivity contribution >= 4 is 43.5 Å². The van der Waals surface area contributed by atoms with E-state index in [4.69, 9.17) is 5.11 Å². The molecule has 1 amide bonds. The zero-order valence-electron chi connectivity index (χ0n) is 9.86. The van der Waals surface area contributed by atoms with Crippen molar-refractivity contribution < 1.29 is 9.90 Å². The number of hydrogen-bond acceptors (Lipinski definition) is 2. The first-order valence-electron chi connectivity index (χ1n) is 5.56. The van der Waals surface area contributed by atoms with Crippen LogP contribution in [0.25, 0.3) is 0 Å². The highest BCUT2D eigenvalue weighted by atomic mass is 79.9. The second-order valence-electron chi connectivity index (χ2n) is 3.97. The predicted octanol–water partition coefficient (Wildman–Crippen LogP) is 3.96. The first-order chi connectivity index (χ1) is 9.08. The van der Waals surface area contributed by atoms with Gasteiger partial charge in [0.1, 0.15) is 0 Å². The summed E-state index contributed by atoms with van der Waals surface area (Å²) in [5.41, 5.74) is 2.06. The van der Waals surface area contributed by atoms with Crippen LogP contribution in [0.2, 0.25) is 0 Å². The molecule has 2 N–H and O–H groups in total. The van der Waals surface area contributed by atoms with Crippen molar-refractivity contribution in [3.8, 4) is 0 Å². The largest absolute Gasteiger partial charge is 0.392 e. The monoisotopic (exact) mass is 383 g/mol. The fourth-order valence-electron chi connectivity index (χ4n) is 1.58.